The number of nitrogens with zero attached hydrogens (tertiary/aromatic N) is 6. The summed E-state index contributed by atoms with van der Waals surface area (Å²) in [6.45, 7) is 2.28. The van der Waals surface area contributed by atoms with E-state index in [2.05, 4.69) is 31.3 Å². The van der Waals surface area contributed by atoms with Crippen molar-refractivity contribution in [3.63, 3.8) is 0 Å². The van der Waals surface area contributed by atoms with Gasteiger partial charge in [0, 0.05) is 49.5 Å². The average Bonchev–Trinajstić information content (AvgIpc) is 3.67. The van der Waals surface area contributed by atoms with E-state index in [4.69, 9.17) is 4.74 Å². The number of rotatable bonds is 8. The minimum absolute atomic E-state index is 0.000678. The number of carbonyl (C=O) groups is 1. The van der Waals surface area contributed by atoms with E-state index in [0.717, 1.165) is 77.4 Å². The van der Waals surface area contributed by atoms with E-state index in [9.17, 15) is 4.79 Å². The van der Waals surface area contributed by atoms with Crippen LogP contribution < -0.4 is 10.1 Å². The number of methoxy groups -OCH3 is 1. The summed E-state index contributed by atoms with van der Waals surface area (Å²) in [6.07, 6.45) is 12.4. The maximum Gasteiger partial charge on any atom is 0.225 e. The lowest BCUT2D eigenvalue weighted by atomic mass is 9.87. The predicted molar refractivity (Wildman–Crippen MR) is 145 cm³/mol. The molecule has 0 saturated carbocycles. The molecule has 1 amide bonds. The molecule has 1 N–H and O–H groups in total. The fourth-order valence-electron chi connectivity index (χ4n) is 5.28. The largest absolute Gasteiger partial charge is 0.495 e. The van der Waals surface area contributed by atoms with Crippen molar-refractivity contribution in [1.82, 2.24) is 24.4 Å². The number of hydrogen-bond donors (Lipinski definition) is 1. The standard InChI is InChI=1S/C27H29N7O2S/c1-33(7-3-8-34-9-6-28-16-34)27(35)17-4-5-20-23(12-17)37-26-24(20)25(30-15-31-26)32-21-10-18-13-29-14-19(18)11-22(21)36-2/h6,9-11,13,15-17H,3-5,7-8,12,14H2,1-2H3,(H,30,31,32)/t17-/m0/s1. The lowest BCUT2D eigenvalue weighted by molar-refractivity contribution is -0.134. The van der Waals surface area contributed by atoms with Gasteiger partial charge in [-0.3, -0.25) is 9.79 Å². The number of ether oxygens (including phenoxy) is 1. The van der Waals surface area contributed by atoms with Gasteiger partial charge in [-0.2, -0.15) is 0 Å². The van der Waals surface area contributed by atoms with Gasteiger partial charge in [0.15, 0.2) is 0 Å². The normalized spacial score (nSPS) is 16.0. The lowest BCUT2D eigenvalue weighted by Crippen LogP contribution is -2.36. The average molecular weight is 516 g/mol. The number of anilines is 2. The molecule has 2 aliphatic rings. The Kier molecular flexibility index (Phi) is 6.33. The molecule has 1 aliphatic carbocycles. The van der Waals surface area contributed by atoms with Crippen LogP contribution in [0.1, 0.15) is 34.4 Å². The maximum atomic E-state index is 13.2. The summed E-state index contributed by atoms with van der Waals surface area (Å²) in [6, 6.07) is 4.10. The van der Waals surface area contributed by atoms with E-state index >= 15 is 0 Å². The molecule has 0 radical (unpaired) electrons. The van der Waals surface area contributed by atoms with Gasteiger partial charge in [-0.05, 0) is 54.5 Å². The van der Waals surface area contributed by atoms with Crippen LogP contribution in [0, 0.1) is 5.92 Å². The summed E-state index contributed by atoms with van der Waals surface area (Å²) in [5, 5.41) is 4.56. The number of aromatic nitrogens is 4. The van der Waals surface area contributed by atoms with Crippen LogP contribution in [0.25, 0.3) is 10.2 Å². The minimum Gasteiger partial charge on any atom is -0.495 e. The number of imidazole rings is 1. The first-order chi connectivity index (χ1) is 18.1. The van der Waals surface area contributed by atoms with Crippen molar-refractivity contribution in [2.45, 2.75) is 38.8 Å². The van der Waals surface area contributed by atoms with Crippen LogP contribution in [0.4, 0.5) is 11.5 Å². The summed E-state index contributed by atoms with van der Waals surface area (Å²) in [5.74, 6) is 1.76. The fraction of sp³-hybridized carbons (Fsp3) is 0.370. The van der Waals surface area contributed by atoms with Crippen LogP contribution >= 0.6 is 11.3 Å². The molecule has 0 saturated heterocycles. The third-order valence-electron chi connectivity index (χ3n) is 7.25. The van der Waals surface area contributed by atoms with Gasteiger partial charge in [0.05, 0.1) is 31.1 Å². The van der Waals surface area contributed by atoms with E-state index in [0.29, 0.717) is 6.54 Å². The molecule has 0 fully saturated rings. The number of hydrogen-bond acceptors (Lipinski definition) is 8. The summed E-state index contributed by atoms with van der Waals surface area (Å²) < 4.78 is 7.70. The summed E-state index contributed by atoms with van der Waals surface area (Å²) in [4.78, 5) is 34.9. The molecule has 0 spiro atoms. The van der Waals surface area contributed by atoms with Crippen molar-refractivity contribution in [1.29, 1.82) is 0 Å². The minimum atomic E-state index is -0.000678. The Morgan fingerprint density at radius 2 is 2.24 bits per heavy atom. The van der Waals surface area contributed by atoms with Crippen LogP contribution in [-0.4, -0.2) is 57.2 Å². The second kappa shape index (κ2) is 9.93. The van der Waals surface area contributed by atoms with Crippen molar-refractivity contribution < 1.29 is 9.53 Å². The van der Waals surface area contributed by atoms with Gasteiger partial charge in [-0.1, -0.05) is 0 Å². The number of carbonyl (C=O) groups excluding carboxylic acids is 1. The number of aryl methyl sites for hydroxylation is 2. The Hall–Kier alpha value is -3.79. The topological polar surface area (TPSA) is 97.5 Å². The van der Waals surface area contributed by atoms with Crippen LogP contribution in [0.5, 0.6) is 5.75 Å². The number of fused-ring (bicyclic) bond motifs is 4. The summed E-state index contributed by atoms with van der Waals surface area (Å²) in [5.41, 5.74) is 4.37. The molecule has 190 valence electrons. The molecule has 10 heteroatoms. The van der Waals surface area contributed by atoms with Crippen molar-refractivity contribution in [3.05, 3.63) is 58.7 Å². The smallest absolute Gasteiger partial charge is 0.225 e. The van der Waals surface area contributed by atoms with E-state index < -0.39 is 0 Å². The van der Waals surface area contributed by atoms with Crippen LogP contribution in [-0.2, 0) is 30.7 Å². The van der Waals surface area contributed by atoms with Crippen LogP contribution in [0.2, 0.25) is 0 Å². The quantitative estimate of drug-likeness (QED) is 0.377. The van der Waals surface area contributed by atoms with Gasteiger partial charge in [0.1, 0.15) is 22.7 Å². The SMILES string of the molecule is COc1cc2c(cc1Nc1ncnc3sc4c(c13)CC[C@H](C(=O)N(C)CCCn1ccnc1)C4)C=NC2. The summed E-state index contributed by atoms with van der Waals surface area (Å²) >= 11 is 1.68. The zero-order valence-electron chi connectivity index (χ0n) is 21.0. The molecule has 3 aromatic heterocycles. The highest BCUT2D eigenvalue weighted by atomic mass is 32.1. The second-order valence-electron chi connectivity index (χ2n) is 9.61. The third kappa shape index (κ3) is 4.57. The third-order valence-corrected chi connectivity index (χ3v) is 8.41. The number of nitrogens with one attached hydrogen (secondary N) is 1. The van der Waals surface area contributed by atoms with Crippen molar-refractivity contribution in [2.75, 3.05) is 26.0 Å². The van der Waals surface area contributed by atoms with Gasteiger partial charge in [0.2, 0.25) is 5.91 Å². The molecule has 1 atom stereocenters. The zero-order valence-corrected chi connectivity index (χ0v) is 21.8. The highest BCUT2D eigenvalue weighted by Crippen LogP contribution is 2.42. The molecule has 37 heavy (non-hydrogen) atoms. The summed E-state index contributed by atoms with van der Waals surface area (Å²) in [7, 11) is 3.59. The first kappa shape index (κ1) is 23.6. The molecule has 0 unspecified atom stereocenters. The van der Waals surface area contributed by atoms with E-state index in [1.54, 1.807) is 31.0 Å². The number of amides is 1. The fourth-order valence-corrected chi connectivity index (χ4v) is 6.55. The van der Waals surface area contributed by atoms with Gasteiger partial charge < -0.3 is 19.5 Å². The zero-order chi connectivity index (χ0) is 25.4. The van der Waals surface area contributed by atoms with Crippen LogP contribution in [0.3, 0.4) is 0 Å². The molecule has 1 aliphatic heterocycles. The Morgan fingerprint density at radius 1 is 1.32 bits per heavy atom. The molecule has 4 aromatic rings. The van der Waals surface area contributed by atoms with Crippen LogP contribution in [0.15, 0.2) is 42.2 Å². The Morgan fingerprint density at radius 3 is 3.08 bits per heavy atom. The highest BCUT2D eigenvalue weighted by molar-refractivity contribution is 7.19. The second-order valence-corrected chi connectivity index (χ2v) is 10.7. The van der Waals surface area contributed by atoms with E-state index in [1.807, 2.05) is 41.3 Å². The van der Waals surface area contributed by atoms with Crippen molar-refractivity contribution in [2.24, 2.45) is 10.9 Å². The molecule has 6 rings (SSSR count). The van der Waals surface area contributed by atoms with Gasteiger partial charge in [-0.25, -0.2) is 15.0 Å². The molecule has 1 aromatic carbocycles. The Bertz CT molecular complexity index is 1480. The lowest BCUT2D eigenvalue weighted by Gasteiger charge is -2.27. The molecule has 0 bridgehead atoms. The number of benzene rings is 1. The number of thiophene rings is 1. The molecular formula is C27H29N7O2S. The van der Waals surface area contributed by atoms with E-state index in [-0.39, 0.29) is 11.8 Å². The Labute approximate surface area is 219 Å². The predicted octanol–water partition coefficient (Wildman–Crippen LogP) is 4.23. The van der Waals surface area contributed by atoms with Gasteiger partial charge in [0.25, 0.3) is 0 Å². The van der Waals surface area contributed by atoms with E-state index in [1.165, 1.54) is 10.4 Å². The molecule has 9 nitrogen and oxygen atoms in total. The highest BCUT2D eigenvalue weighted by Gasteiger charge is 2.30. The molecule has 4 heterocycles. The van der Waals surface area contributed by atoms with Gasteiger partial charge >= 0.3 is 0 Å². The van der Waals surface area contributed by atoms with Crippen molar-refractivity contribution >= 4 is 45.2 Å². The first-order valence-corrected chi connectivity index (χ1v) is 13.4. The number of aliphatic imine (C=N–C) groups is 1. The first-order valence-electron chi connectivity index (χ1n) is 12.5. The Balaban J connectivity index is 1.20. The molecular weight excluding hydrogens is 486 g/mol. The van der Waals surface area contributed by atoms with Gasteiger partial charge in [-0.15, -0.1) is 11.3 Å². The maximum absolute atomic E-state index is 13.2. The van der Waals surface area contributed by atoms with Crippen molar-refractivity contribution in [3.8, 4) is 5.75 Å². The monoisotopic (exact) mass is 515 g/mol.